The summed E-state index contributed by atoms with van der Waals surface area (Å²) in [5, 5.41) is 4.13. The van der Waals surface area contributed by atoms with Crippen LogP contribution in [0.15, 0.2) is 36.7 Å². The molecule has 16 heavy (non-hydrogen) atoms. The molecule has 0 amide bonds. The van der Waals surface area contributed by atoms with Crippen LogP contribution < -0.4 is 10.5 Å². The molecule has 5 heteroatoms. The molecule has 0 radical (unpaired) electrons. The first kappa shape index (κ1) is 11.4. The Bertz CT molecular complexity index is 453. The molecule has 0 atom stereocenters. The van der Waals surface area contributed by atoms with Crippen LogP contribution in [0.4, 0.5) is 0 Å². The largest absolute Gasteiger partial charge is 0.454 e. The Morgan fingerprint density at radius 3 is 2.69 bits per heavy atom. The molecule has 0 saturated carbocycles. The predicted octanol–water partition coefficient (Wildman–Crippen LogP) is 2.24. The van der Waals surface area contributed by atoms with Crippen molar-refractivity contribution in [1.82, 2.24) is 9.78 Å². The van der Waals surface area contributed by atoms with Crippen LogP contribution in [0, 0.1) is 3.57 Å². The summed E-state index contributed by atoms with van der Waals surface area (Å²) in [7, 11) is 0. The summed E-state index contributed by atoms with van der Waals surface area (Å²) < 4.78 is 8.58. The second-order valence-corrected chi connectivity index (χ2v) is 4.53. The number of nitrogens with zero attached hydrogens (tertiary/aromatic N) is 2. The van der Waals surface area contributed by atoms with Crippen molar-refractivity contribution in [2.45, 2.75) is 6.54 Å². The lowest BCUT2D eigenvalue weighted by atomic mass is 10.3. The molecule has 0 spiro atoms. The standard InChI is InChI=1S/C11H12IN3O/c12-9-1-3-10(4-2-9)16-11-7-14-15(8-11)6-5-13/h1-4,7-8H,5-6,13H2. The van der Waals surface area contributed by atoms with Gasteiger partial charge in [0, 0.05) is 10.1 Å². The normalized spacial score (nSPS) is 10.4. The molecule has 84 valence electrons. The van der Waals surface area contributed by atoms with E-state index in [4.69, 9.17) is 10.5 Å². The molecule has 0 bridgehead atoms. The molecule has 0 aliphatic rings. The summed E-state index contributed by atoms with van der Waals surface area (Å²) in [5.74, 6) is 1.54. The zero-order valence-corrected chi connectivity index (χ0v) is 10.8. The van der Waals surface area contributed by atoms with Crippen molar-refractivity contribution in [3.63, 3.8) is 0 Å². The van der Waals surface area contributed by atoms with Crippen molar-refractivity contribution in [1.29, 1.82) is 0 Å². The van der Waals surface area contributed by atoms with E-state index in [1.807, 2.05) is 30.5 Å². The van der Waals surface area contributed by atoms with Crippen molar-refractivity contribution in [2.24, 2.45) is 5.73 Å². The minimum Gasteiger partial charge on any atom is -0.454 e. The fourth-order valence-corrected chi connectivity index (χ4v) is 1.65. The minimum absolute atomic E-state index is 0.574. The van der Waals surface area contributed by atoms with Crippen molar-refractivity contribution in [3.8, 4) is 11.5 Å². The lowest BCUT2D eigenvalue weighted by Crippen LogP contribution is -2.09. The molecule has 2 rings (SSSR count). The first-order valence-corrected chi connectivity index (χ1v) is 6.02. The highest BCUT2D eigenvalue weighted by atomic mass is 127. The quantitative estimate of drug-likeness (QED) is 0.876. The lowest BCUT2D eigenvalue weighted by Gasteiger charge is -2.02. The monoisotopic (exact) mass is 329 g/mol. The van der Waals surface area contributed by atoms with E-state index in [1.165, 1.54) is 3.57 Å². The van der Waals surface area contributed by atoms with E-state index in [1.54, 1.807) is 10.9 Å². The zero-order valence-electron chi connectivity index (χ0n) is 8.64. The van der Waals surface area contributed by atoms with Gasteiger partial charge < -0.3 is 10.5 Å². The first-order chi connectivity index (χ1) is 7.78. The first-order valence-electron chi connectivity index (χ1n) is 4.94. The van der Waals surface area contributed by atoms with Crippen LogP contribution in [-0.2, 0) is 6.54 Å². The molecule has 0 aliphatic carbocycles. The molecule has 4 nitrogen and oxygen atoms in total. The SMILES string of the molecule is NCCn1cc(Oc2ccc(I)cc2)cn1. The Morgan fingerprint density at radius 1 is 1.25 bits per heavy atom. The highest BCUT2D eigenvalue weighted by molar-refractivity contribution is 14.1. The number of hydrogen-bond acceptors (Lipinski definition) is 3. The van der Waals surface area contributed by atoms with E-state index < -0.39 is 0 Å². The number of rotatable bonds is 4. The second-order valence-electron chi connectivity index (χ2n) is 3.28. The minimum atomic E-state index is 0.574. The van der Waals surface area contributed by atoms with Gasteiger partial charge in [-0.3, -0.25) is 4.68 Å². The highest BCUT2D eigenvalue weighted by Crippen LogP contribution is 2.21. The number of hydrogen-bond donors (Lipinski definition) is 1. The van der Waals surface area contributed by atoms with E-state index in [-0.39, 0.29) is 0 Å². The molecular weight excluding hydrogens is 317 g/mol. The van der Waals surface area contributed by atoms with Crippen LogP contribution in [0.5, 0.6) is 11.5 Å². The Kier molecular flexibility index (Phi) is 3.79. The maximum absolute atomic E-state index is 5.63. The lowest BCUT2D eigenvalue weighted by molar-refractivity contribution is 0.481. The molecule has 1 heterocycles. The van der Waals surface area contributed by atoms with Gasteiger partial charge >= 0.3 is 0 Å². The van der Waals surface area contributed by atoms with Crippen LogP contribution in [-0.4, -0.2) is 16.3 Å². The van der Waals surface area contributed by atoms with Gasteiger partial charge in [-0.15, -0.1) is 0 Å². The second kappa shape index (κ2) is 5.31. The van der Waals surface area contributed by atoms with Gasteiger partial charge in [0.25, 0.3) is 0 Å². The maximum Gasteiger partial charge on any atom is 0.165 e. The van der Waals surface area contributed by atoms with Crippen LogP contribution in [0.2, 0.25) is 0 Å². The van der Waals surface area contributed by atoms with E-state index in [2.05, 4.69) is 27.7 Å². The van der Waals surface area contributed by atoms with Gasteiger partial charge in [0.2, 0.25) is 0 Å². The summed E-state index contributed by atoms with van der Waals surface area (Å²) >= 11 is 2.26. The third-order valence-corrected chi connectivity index (χ3v) is 2.74. The fourth-order valence-electron chi connectivity index (χ4n) is 1.29. The van der Waals surface area contributed by atoms with Gasteiger partial charge in [-0.1, -0.05) is 0 Å². The molecular formula is C11H12IN3O. The highest BCUT2D eigenvalue weighted by Gasteiger charge is 2.00. The Labute approximate surface area is 108 Å². The summed E-state index contributed by atoms with van der Waals surface area (Å²) in [6.45, 7) is 1.28. The van der Waals surface area contributed by atoms with Gasteiger partial charge in [-0.25, -0.2) is 0 Å². The Balaban J connectivity index is 2.05. The Hall–Kier alpha value is -1.08. The molecule has 2 N–H and O–H groups in total. The van der Waals surface area contributed by atoms with Gasteiger partial charge in [-0.2, -0.15) is 5.10 Å². The average molecular weight is 329 g/mol. The number of halogens is 1. The van der Waals surface area contributed by atoms with Gasteiger partial charge in [0.15, 0.2) is 5.75 Å². The third kappa shape index (κ3) is 2.96. The molecule has 0 aliphatic heterocycles. The number of ether oxygens (including phenoxy) is 1. The van der Waals surface area contributed by atoms with E-state index >= 15 is 0 Å². The summed E-state index contributed by atoms with van der Waals surface area (Å²) in [4.78, 5) is 0. The molecule has 1 aromatic carbocycles. The molecule has 0 unspecified atom stereocenters. The van der Waals surface area contributed by atoms with E-state index in [0.29, 0.717) is 13.1 Å². The maximum atomic E-state index is 5.63. The number of aromatic nitrogens is 2. The van der Waals surface area contributed by atoms with E-state index in [0.717, 1.165) is 11.5 Å². The predicted molar refractivity (Wildman–Crippen MR) is 70.5 cm³/mol. The van der Waals surface area contributed by atoms with Crippen LogP contribution >= 0.6 is 22.6 Å². The molecule has 0 saturated heterocycles. The van der Waals surface area contributed by atoms with Crippen molar-refractivity contribution < 1.29 is 4.74 Å². The zero-order chi connectivity index (χ0) is 11.4. The molecule has 1 aromatic heterocycles. The number of benzene rings is 1. The van der Waals surface area contributed by atoms with Gasteiger partial charge in [0.05, 0.1) is 18.9 Å². The van der Waals surface area contributed by atoms with Crippen molar-refractivity contribution in [2.75, 3.05) is 6.54 Å². The summed E-state index contributed by atoms with van der Waals surface area (Å²) in [5.41, 5.74) is 5.44. The number of nitrogens with two attached hydrogens (primary N) is 1. The van der Waals surface area contributed by atoms with Crippen LogP contribution in [0.25, 0.3) is 0 Å². The summed E-state index contributed by atoms with van der Waals surface area (Å²) in [6, 6.07) is 7.87. The van der Waals surface area contributed by atoms with Crippen molar-refractivity contribution >= 4 is 22.6 Å². The van der Waals surface area contributed by atoms with Gasteiger partial charge in [0.1, 0.15) is 5.75 Å². The topological polar surface area (TPSA) is 53.1 Å². The van der Waals surface area contributed by atoms with Crippen LogP contribution in [0.1, 0.15) is 0 Å². The smallest absolute Gasteiger partial charge is 0.165 e. The third-order valence-electron chi connectivity index (χ3n) is 2.02. The molecule has 2 aromatic rings. The average Bonchev–Trinajstić information content (AvgIpc) is 2.70. The summed E-state index contributed by atoms with van der Waals surface area (Å²) in [6.07, 6.45) is 3.53. The Morgan fingerprint density at radius 2 is 2.00 bits per heavy atom. The van der Waals surface area contributed by atoms with Crippen LogP contribution in [0.3, 0.4) is 0 Å². The molecule has 0 fully saturated rings. The van der Waals surface area contributed by atoms with Crippen molar-refractivity contribution in [3.05, 3.63) is 40.2 Å². The van der Waals surface area contributed by atoms with Gasteiger partial charge in [-0.05, 0) is 46.9 Å². The van der Waals surface area contributed by atoms with E-state index in [9.17, 15) is 0 Å². The fraction of sp³-hybridized carbons (Fsp3) is 0.182.